The summed E-state index contributed by atoms with van der Waals surface area (Å²) in [4.78, 5) is 23.2. The van der Waals surface area contributed by atoms with E-state index in [9.17, 15) is 22.8 Å². The van der Waals surface area contributed by atoms with E-state index in [2.05, 4.69) is 0 Å². The van der Waals surface area contributed by atoms with Crippen LogP contribution >= 0.6 is 0 Å². The Balaban J connectivity index is 2.52. The SMILES string of the molecule is CCOC(=O)c1cn(CC(=O)O)c(C2CCCCC2C(F)(F)F)c1C. The van der Waals surface area contributed by atoms with Crippen LogP contribution in [0.15, 0.2) is 6.20 Å². The zero-order valence-electron chi connectivity index (χ0n) is 14.2. The Hall–Kier alpha value is -1.99. The van der Waals surface area contributed by atoms with Gasteiger partial charge in [-0.15, -0.1) is 0 Å². The standard InChI is InChI=1S/C17H22F3NO4/c1-3-25-16(24)12-8-21(9-14(22)23)15(10(12)2)11-6-4-5-7-13(11)17(18,19)20/h8,11,13H,3-7,9H2,1-2H3,(H,22,23). The Morgan fingerprint density at radius 3 is 2.52 bits per heavy atom. The summed E-state index contributed by atoms with van der Waals surface area (Å²) in [6, 6.07) is 0. The van der Waals surface area contributed by atoms with Gasteiger partial charge in [0.25, 0.3) is 0 Å². The Morgan fingerprint density at radius 1 is 1.32 bits per heavy atom. The lowest BCUT2D eigenvalue weighted by molar-refractivity contribution is -0.187. The summed E-state index contributed by atoms with van der Waals surface area (Å²) < 4.78 is 46.6. The molecular formula is C17H22F3NO4. The zero-order valence-corrected chi connectivity index (χ0v) is 14.2. The van der Waals surface area contributed by atoms with Crippen molar-refractivity contribution >= 4 is 11.9 Å². The smallest absolute Gasteiger partial charge is 0.392 e. The van der Waals surface area contributed by atoms with Gasteiger partial charge in [0.1, 0.15) is 6.54 Å². The molecule has 5 nitrogen and oxygen atoms in total. The number of hydrogen-bond acceptors (Lipinski definition) is 3. The second-order valence-electron chi connectivity index (χ2n) is 6.33. The number of carbonyl (C=O) groups is 2. The van der Waals surface area contributed by atoms with Crippen LogP contribution in [0.1, 0.15) is 60.1 Å². The van der Waals surface area contributed by atoms with Crippen molar-refractivity contribution in [2.24, 2.45) is 5.92 Å². The first-order chi connectivity index (χ1) is 11.7. The van der Waals surface area contributed by atoms with Gasteiger partial charge in [0.15, 0.2) is 0 Å². The van der Waals surface area contributed by atoms with Gasteiger partial charge in [0, 0.05) is 17.8 Å². The van der Waals surface area contributed by atoms with Crippen molar-refractivity contribution in [3.63, 3.8) is 0 Å². The number of alkyl halides is 3. The van der Waals surface area contributed by atoms with Crippen LogP contribution in [0.3, 0.4) is 0 Å². The molecule has 0 aliphatic heterocycles. The summed E-state index contributed by atoms with van der Waals surface area (Å²) in [6.07, 6.45) is -1.59. The minimum absolute atomic E-state index is 0.0145. The van der Waals surface area contributed by atoms with Gasteiger partial charge in [-0.25, -0.2) is 4.79 Å². The largest absolute Gasteiger partial charge is 0.480 e. The first-order valence-corrected chi connectivity index (χ1v) is 8.32. The lowest BCUT2D eigenvalue weighted by Crippen LogP contribution is -2.33. The maximum Gasteiger partial charge on any atom is 0.392 e. The number of carboxylic acids is 1. The Labute approximate surface area is 143 Å². The number of nitrogens with zero attached hydrogens (tertiary/aromatic N) is 1. The van der Waals surface area contributed by atoms with E-state index in [1.807, 2.05) is 0 Å². The van der Waals surface area contributed by atoms with Crippen molar-refractivity contribution in [2.75, 3.05) is 6.61 Å². The van der Waals surface area contributed by atoms with Crippen molar-refractivity contribution in [1.82, 2.24) is 4.57 Å². The monoisotopic (exact) mass is 361 g/mol. The predicted molar refractivity (Wildman–Crippen MR) is 83.5 cm³/mol. The minimum Gasteiger partial charge on any atom is -0.480 e. The molecule has 1 aromatic rings. The fraction of sp³-hybridized carbons (Fsp3) is 0.647. The van der Waals surface area contributed by atoms with Crippen LogP contribution in [0.4, 0.5) is 13.2 Å². The van der Waals surface area contributed by atoms with E-state index in [-0.39, 0.29) is 24.3 Å². The van der Waals surface area contributed by atoms with Crippen LogP contribution in [-0.2, 0) is 16.1 Å². The topological polar surface area (TPSA) is 68.5 Å². The van der Waals surface area contributed by atoms with Gasteiger partial charge < -0.3 is 14.4 Å². The van der Waals surface area contributed by atoms with E-state index in [0.29, 0.717) is 24.8 Å². The van der Waals surface area contributed by atoms with Crippen molar-refractivity contribution in [3.05, 3.63) is 23.0 Å². The zero-order chi connectivity index (χ0) is 18.8. The molecule has 8 heteroatoms. The van der Waals surface area contributed by atoms with Crippen LogP contribution < -0.4 is 0 Å². The summed E-state index contributed by atoms with van der Waals surface area (Å²) in [5.41, 5.74) is 0.790. The number of ether oxygens (including phenoxy) is 1. The molecule has 0 spiro atoms. The van der Waals surface area contributed by atoms with Gasteiger partial charge in [-0.3, -0.25) is 4.79 Å². The van der Waals surface area contributed by atoms with E-state index in [4.69, 9.17) is 9.84 Å². The Bertz CT molecular complexity index is 651. The van der Waals surface area contributed by atoms with Crippen molar-refractivity contribution in [3.8, 4) is 0 Å². The molecule has 0 amide bonds. The minimum atomic E-state index is -4.36. The normalized spacial score (nSPS) is 21.2. The maximum absolute atomic E-state index is 13.5. The lowest BCUT2D eigenvalue weighted by Gasteiger charge is -2.34. The average molecular weight is 361 g/mol. The second kappa shape index (κ2) is 7.49. The van der Waals surface area contributed by atoms with E-state index >= 15 is 0 Å². The first kappa shape index (κ1) is 19.3. The second-order valence-corrected chi connectivity index (χ2v) is 6.33. The van der Waals surface area contributed by atoms with E-state index < -0.39 is 36.5 Å². The number of carboxylic acid groups (broad SMARTS) is 1. The van der Waals surface area contributed by atoms with Gasteiger partial charge in [-0.2, -0.15) is 13.2 Å². The van der Waals surface area contributed by atoms with Crippen LogP contribution in [-0.4, -0.2) is 34.4 Å². The molecule has 1 N–H and O–H groups in total. The molecule has 0 bridgehead atoms. The van der Waals surface area contributed by atoms with Crippen LogP contribution in [0.5, 0.6) is 0 Å². The quantitative estimate of drug-likeness (QED) is 0.808. The van der Waals surface area contributed by atoms with E-state index in [1.54, 1.807) is 13.8 Å². The third-order valence-electron chi connectivity index (χ3n) is 4.72. The van der Waals surface area contributed by atoms with Crippen molar-refractivity contribution < 1.29 is 32.6 Å². The molecule has 0 aromatic carbocycles. The van der Waals surface area contributed by atoms with Crippen molar-refractivity contribution in [1.29, 1.82) is 0 Å². The van der Waals surface area contributed by atoms with Gasteiger partial charge >= 0.3 is 18.1 Å². The third kappa shape index (κ3) is 4.16. The highest BCUT2D eigenvalue weighted by Gasteiger charge is 2.47. The number of hydrogen-bond donors (Lipinski definition) is 1. The summed E-state index contributed by atoms with van der Waals surface area (Å²) in [6.45, 7) is 2.83. The van der Waals surface area contributed by atoms with Crippen LogP contribution in [0, 0.1) is 12.8 Å². The highest BCUT2D eigenvalue weighted by atomic mass is 19.4. The van der Waals surface area contributed by atoms with Crippen LogP contribution in [0.25, 0.3) is 0 Å². The summed E-state index contributed by atoms with van der Waals surface area (Å²) in [5.74, 6) is -4.20. The molecule has 0 saturated heterocycles. The molecule has 2 atom stereocenters. The molecule has 25 heavy (non-hydrogen) atoms. The molecule has 1 saturated carbocycles. The molecule has 1 aromatic heterocycles. The number of halogens is 3. The maximum atomic E-state index is 13.5. The Kier molecular flexibility index (Phi) is 5.80. The molecule has 140 valence electrons. The van der Waals surface area contributed by atoms with E-state index in [0.717, 1.165) is 0 Å². The highest BCUT2D eigenvalue weighted by molar-refractivity contribution is 5.91. The molecule has 0 radical (unpaired) electrons. The molecule has 1 fully saturated rings. The number of carbonyl (C=O) groups excluding carboxylic acids is 1. The molecular weight excluding hydrogens is 339 g/mol. The average Bonchev–Trinajstić information content (AvgIpc) is 2.82. The first-order valence-electron chi connectivity index (χ1n) is 8.32. The van der Waals surface area contributed by atoms with Gasteiger partial charge in [-0.05, 0) is 32.3 Å². The summed E-state index contributed by atoms with van der Waals surface area (Å²) >= 11 is 0. The van der Waals surface area contributed by atoms with Crippen LogP contribution in [0.2, 0.25) is 0 Å². The molecule has 2 unspecified atom stereocenters. The summed E-state index contributed by atoms with van der Waals surface area (Å²) in [5, 5.41) is 9.10. The van der Waals surface area contributed by atoms with Crippen molar-refractivity contribution in [2.45, 2.75) is 58.2 Å². The molecule has 1 aliphatic carbocycles. The molecule has 1 heterocycles. The highest BCUT2D eigenvalue weighted by Crippen LogP contribution is 2.47. The lowest BCUT2D eigenvalue weighted by atomic mass is 9.76. The molecule has 1 aliphatic rings. The molecule has 2 rings (SSSR count). The number of aliphatic carboxylic acids is 1. The number of esters is 1. The predicted octanol–water partition coefficient (Wildman–Crippen LogP) is 3.89. The van der Waals surface area contributed by atoms with E-state index in [1.165, 1.54) is 10.8 Å². The Morgan fingerprint density at radius 2 is 1.96 bits per heavy atom. The van der Waals surface area contributed by atoms with Gasteiger partial charge in [0.05, 0.1) is 18.1 Å². The number of rotatable bonds is 5. The third-order valence-corrected chi connectivity index (χ3v) is 4.72. The van der Waals surface area contributed by atoms with Gasteiger partial charge in [0.2, 0.25) is 0 Å². The fourth-order valence-electron chi connectivity index (χ4n) is 3.71. The fourth-order valence-corrected chi connectivity index (χ4v) is 3.71. The van der Waals surface area contributed by atoms with Gasteiger partial charge in [-0.1, -0.05) is 12.8 Å². The number of aromatic nitrogens is 1. The summed E-state index contributed by atoms with van der Waals surface area (Å²) in [7, 11) is 0.